The summed E-state index contributed by atoms with van der Waals surface area (Å²) in [5, 5.41) is 4.22. The minimum absolute atomic E-state index is 0.0926. The summed E-state index contributed by atoms with van der Waals surface area (Å²) in [6.07, 6.45) is 49.3. The van der Waals surface area contributed by atoms with Crippen molar-refractivity contribution in [1.29, 1.82) is 0 Å². The molecule has 1 N–H and O–H groups in total. The summed E-state index contributed by atoms with van der Waals surface area (Å²) in [7, 11) is 0. The minimum atomic E-state index is -0.0926. The molecule has 1 aliphatic heterocycles. The fourth-order valence-corrected chi connectivity index (χ4v) is 8.39. The van der Waals surface area contributed by atoms with Crippen LogP contribution in [0.15, 0.2) is 24.3 Å². The Morgan fingerprint density at radius 1 is 0.583 bits per heavy atom. The SMILES string of the molecule is CCCCCCCC/C=C\CCCCCCCC(=O)OCCCN(CCCOC(=O)CCCCCCC/C=C\CCCCCCCC)C(=S)NCCCN1CCCCC1C. The largest absolute Gasteiger partial charge is 0.466 e. The maximum absolute atomic E-state index is 12.4. The summed E-state index contributed by atoms with van der Waals surface area (Å²) in [5.41, 5.74) is 0. The number of hydrogen-bond donors (Lipinski definition) is 1. The zero-order chi connectivity index (χ0) is 43.4. The van der Waals surface area contributed by atoms with Gasteiger partial charge >= 0.3 is 11.9 Å². The number of likely N-dealkylation sites (tertiary alicyclic amines) is 1. The van der Waals surface area contributed by atoms with E-state index in [0.717, 1.165) is 63.1 Å². The highest BCUT2D eigenvalue weighted by molar-refractivity contribution is 7.80. The fraction of sp³-hybridized carbons (Fsp3) is 0.865. The van der Waals surface area contributed by atoms with Gasteiger partial charge in [0.15, 0.2) is 5.11 Å². The molecule has 1 heterocycles. The first-order valence-corrected chi connectivity index (χ1v) is 26.3. The third-order valence-electron chi connectivity index (χ3n) is 12.1. The van der Waals surface area contributed by atoms with Gasteiger partial charge in [-0.25, -0.2) is 0 Å². The van der Waals surface area contributed by atoms with Gasteiger partial charge in [0.1, 0.15) is 0 Å². The van der Waals surface area contributed by atoms with Crippen molar-refractivity contribution in [3.8, 4) is 0 Å². The van der Waals surface area contributed by atoms with E-state index in [1.54, 1.807) is 0 Å². The highest BCUT2D eigenvalue weighted by atomic mass is 32.1. The fourth-order valence-electron chi connectivity index (χ4n) is 8.10. The first-order valence-electron chi connectivity index (χ1n) is 25.9. The number of carbonyl (C=O) groups excluding carboxylic acids is 2. The van der Waals surface area contributed by atoms with Gasteiger partial charge in [-0.2, -0.15) is 0 Å². The molecule has 0 aliphatic carbocycles. The Balaban J connectivity index is 2.22. The van der Waals surface area contributed by atoms with Gasteiger partial charge in [-0.05, 0) is 122 Å². The maximum atomic E-state index is 12.4. The van der Waals surface area contributed by atoms with E-state index in [4.69, 9.17) is 21.7 Å². The Bertz CT molecular complexity index is 992. The van der Waals surface area contributed by atoms with Gasteiger partial charge < -0.3 is 24.6 Å². The van der Waals surface area contributed by atoms with E-state index < -0.39 is 0 Å². The molecule has 1 unspecified atom stereocenters. The van der Waals surface area contributed by atoms with Crippen LogP contribution in [0, 0.1) is 0 Å². The number of rotatable bonds is 42. The Kier molecular flexibility index (Phi) is 40.9. The van der Waals surface area contributed by atoms with Gasteiger partial charge in [0, 0.05) is 45.1 Å². The lowest BCUT2D eigenvalue weighted by atomic mass is 10.0. The third-order valence-corrected chi connectivity index (χ3v) is 12.5. The molecule has 8 heteroatoms. The van der Waals surface area contributed by atoms with Crippen molar-refractivity contribution in [3.63, 3.8) is 0 Å². The summed E-state index contributed by atoms with van der Waals surface area (Å²) in [5.74, 6) is -0.185. The van der Waals surface area contributed by atoms with Gasteiger partial charge in [0.05, 0.1) is 13.2 Å². The molecule has 1 atom stereocenters. The van der Waals surface area contributed by atoms with E-state index in [2.05, 4.69) is 60.2 Å². The minimum Gasteiger partial charge on any atom is -0.466 e. The van der Waals surface area contributed by atoms with Gasteiger partial charge in [0.2, 0.25) is 0 Å². The van der Waals surface area contributed by atoms with Gasteiger partial charge in [-0.3, -0.25) is 9.59 Å². The second-order valence-corrected chi connectivity index (χ2v) is 18.2. The molecule has 0 amide bonds. The number of nitrogens with one attached hydrogen (secondary N) is 1. The van der Waals surface area contributed by atoms with E-state index in [9.17, 15) is 9.59 Å². The van der Waals surface area contributed by atoms with E-state index in [1.807, 2.05) is 0 Å². The number of ether oxygens (including phenoxy) is 2. The number of carbonyl (C=O) groups is 2. The lowest BCUT2D eigenvalue weighted by Gasteiger charge is -2.33. The molecule has 0 aromatic carbocycles. The molecule has 1 fully saturated rings. The molecule has 0 aromatic rings. The predicted octanol–water partition coefficient (Wildman–Crippen LogP) is 14.4. The first-order chi connectivity index (χ1) is 29.5. The highest BCUT2D eigenvalue weighted by Gasteiger charge is 2.17. The summed E-state index contributed by atoms with van der Waals surface area (Å²) in [4.78, 5) is 29.6. The second kappa shape index (κ2) is 43.7. The van der Waals surface area contributed by atoms with E-state index in [1.165, 1.54) is 167 Å². The molecule has 7 nitrogen and oxygen atoms in total. The monoisotopic (exact) mass is 860 g/mol. The molecule has 0 bridgehead atoms. The third kappa shape index (κ3) is 36.7. The van der Waals surface area contributed by atoms with Crippen LogP contribution < -0.4 is 5.32 Å². The smallest absolute Gasteiger partial charge is 0.305 e. The molecule has 350 valence electrons. The molecule has 0 aromatic heterocycles. The van der Waals surface area contributed by atoms with Crippen LogP contribution in [0.1, 0.15) is 239 Å². The maximum Gasteiger partial charge on any atom is 0.305 e. The van der Waals surface area contributed by atoms with Gasteiger partial charge in [0.25, 0.3) is 0 Å². The van der Waals surface area contributed by atoms with E-state index >= 15 is 0 Å². The number of hydrogen-bond acceptors (Lipinski definition) is 6. The number of unbranched alkanes of at least 4 members (excludes halogenated alkanes) is 22. The van der Waals surface area contributed by atoms with Gasteiger partial charge in [-0.1, -0.05) is 147 Å². The highest BCUT2D eigenvalue weighted by Crippen LogP contribution is 2.17. The molecule has 0 saturated carbocycles. The van der Waals surface area contributed by atoms with Crippen LogP contribution in [-0.4, -0.2) is 78.8 Å². The summed E-state index contributed by atoms with van der Waals surface area (Å²) in [6, 6.07) is 0.668. The van der Waals surface area contributed by atoms with Crippen molar-refractivity contribution in [3.05, 3.63) is 24.3 Å². The number of allylic oxidation sites excluding steroid dienone is 4. The predicted molar refractivity (Wildman–Crippen MR) is 262 cm³/mol. The van der Waals surface area contributed by atoms with Crippen LogP contribution in [0.5, 0.6) is 0 Å². The Labute approximate surface area is 377 Å². The number of nitrogens with zero attached hydrogens (tertiary/aromatic N) is 2. The Morgan fingerprint density at radius 3 is 1.43 bits per heavy atom. The van der Waals surface area contributed by atoms with Crippen molar-refractivity contribution in [1.82, 2.24) is 15.1 Å². The summed E-state index contributed by atoms with van der Waals surface area (Å²) in [6.45, 7) is 12.2. The van der Waals surface area contributed by atoms with E-state index in [-0.39, 0.29) is 11.9 Å². The quantitative estimate of drug-likeness (QED) is 0.0282. The number of thiocarbonyl (C=S) groups is 1. The molecule has 1 aliphatic rings. The zero-order valence-electron chi connectivity index (χ0n) is 39.8. The topological polar surface area (TPSA) is 71.1 Å². The molecule has 1 saturated heterocycles. The Morgan fingerprint density at radius 2 is 1.00 bits per heavy atom. The first kappa shape index (κ1) is 56.1. The molecular weight excluding hydrogens is 763 g/mol. The van der Waals surface area contributed by atoms with Crippen molar-refractivity contribution < 1.29 is 19.1 Å². The normalized spacial score (nSPS) is 14.6. The number of esters is 2. The van der Waals surface area contributed by atoms with Gasteiger partial charge in [-0.15, -0.1) is 0 Å². The molecule has 0 spiro atoms. The average molecular weight is 860 g/mol. The number of piperidine rings is 1. The van der Waals surface area contributed by atoms with Crippen LogP contribution in [0.3, 0.4) is 0 Å². The summed E-state index contributed by atoms with van der Waals surface area (Å²) < 4.78 is 11.2. The van der Waals surface area contributed by atoms with Crippen LogP contribution >= 0.6 is 12.2 Å². The van der Waals surface area contributed by atoms with Crippen molar-refractivity contribution in [2.24, 2.45) is 0 Å². The lowest BCUT2D eigenvalue weighted by Crippen LogP contribution is -2.43. The molecule has 60 heavy (non-hydrogen) atoms. The summed E-state index contributed by atoms with van der Waals surface area (Å²) >= 11 is 5.85. The zero-order valence-corrected chi connectivity index (χ0v) is 40.6. The molecule has 1 rings (SSSR count). The Hall–Kier alpha value is -1.93. The van der Waals surface area contributed by atoms with Crippen LogP contribution in [0.25, 0.3) is 0 Å². The van der Waals surface area contributed by atoms with Crippen molar-refractivity contribution >= 4 is 29.3 Å². The molecular formula is C52H97N3O4S. The van der Waals surface area contributed by atoms with Crippen molar-refractivity contribution in [2.45, 2.75) is 245 Å². The average Bonchev–Trinajstić information content (AvgIpc) is 3.25. The standard InChI is InChI=1S/C52H97N3O4S/c1-4-6-8-10-12-14-16-18-20-22-24-26-28-30-32-40-50(56)58-47-37-45-55(52(60)53-42-36-44-54-43-35-34-39-49(54)3)46-38-48-59-51(57)41-33-31-29-27-25-23-21-19-17-15-13-11-9-7-5-2/h18-21,49H,4-17,22-48H2,1-3H3,(H,53,60)/b20-18-,21-19-. The second-order valence-electron chi connectivity index (χ2n) is 17.8. The lowest BCUT2D eigenvalue weighted by molar-refractivity contribution is -0.144. The van der Waals surface area contributed by atoms with Crippen LogP contribution in [-0.2, 0) is 19.1 Å². The van der Waals surface area contributed by atoms with Crippen molar-refractivity contribution in [2.75, 3.05) is 45.9 Å². The van der Waals surface area contributed by atoms with E-state index in [0.29, 0.717) is 45.2 Å². The molecule has 0 radical (unpaired) electrons. The van der Waals surface area contributed by atoms with Crippen LogP contribution in [0.2, 0.25) is 0 Å². The van der Waals surface area contributed by atoms with Crippen LogP contribution in [0.4, 0.5) is 0 Å².